The lowest BCUT2D eigenvalue weighted by Gasteiger charge is -1.99. The molecule has 3 nitrogen and oxygen atoms in total. The normalized spacial score (nSPS) is 13.5. The third-order valence-corrected chi connectivity index (χ3v) is 1.49. The molecule has 10 heavy (non-hydrogen) atoms. The van der Waals surface area contributed by atoms with E-state index in [0.29, 0.717) is 0 Å². The van der Waals surface area contributed by atoms with Gasteiger partial charge in [-0.25, -0.2) is 0 Å². The van der Waals surface area contributed by atoms with Crippen LogP contribution in [-0.2, 0) is 6.42 Å². The summed E-state index contributed by atoms with van der Waals surface area (Å²) < 4.78 is 4.77. The molecule has 0 amide bonds. The van der Waals surface area contributed by atoms with Gasteiger partial charge in [0, 0.05) is 11.6 Å². The van der Waals surface area contributed by atoms with E-state index in [0.717, 1.165) is 17.7 Å². The Morgan fingerprint density at radius 1 is 1.80 bits per heavy atom. The Labute approximate surface area is 60.2 Å². The van der Waals surface area contributed by atoms with Crippen LogP contribution in [0.5, 0.6) is 0 Å². The zero-order valence-corrected chi connectivity index (χ0v) is 6.29. The first kappa shape index (κ1) is 7.28. The van der Waals surface area contributed by atoms with E-state index in [1.165, 1.54) is 0 Å². The van der Waals surface area contributed by atoms with E-state index in [-0.39, 0.29) is 6.04 Å². The average molecular weight is 140 g/mol. The summed E-state index contributed by atoms with van der Waals surface area (Å²) in [6, 6.07) is -0.0197. The fourth-order valence-electron chi connectivity index (χ4n) is 0.906. The van der Waals surface area contributed by atoms with Crippen LogP contribution in [0.3, 0.4) is 0 Å². The molecule has 0 aromatic carbocycles. The molecule has 0 bridgehead atoms. The second-order valence-electron chi connectivity index (χ2n) is 2.37. The second-order valence-corrected chi connectivity index (χ2v) is 2.37. The van der Waals surface area contributed by atoms with Crippen LogP contribution in [0.1, 0.15) is 31.1 Å². The molecule has 0 fully saturated rings. The van der Waals surface area contributed by atoms with Gasteiger partial charge in [-0.1, -0.05) is 12.1 Å². The Hall–Kier alpha value is -0.830. The van der Waals surface area contributed by atoms with E-state index in [2.05, 4.69) is 12.1 Å². The quantitative estimate of drug-likeness (QED) is 0.672. The third kappa shape index (κ3) is 1.19. The van der Waals surface area contributed by atoms with Crippen LogP contribution in [0.2, 0.25) is 0 Å². The van der Waals surface area contributed by atoms with Gasteiger partial charge in [-0.05, 0) is 13.3 Å². The van der Waals surface area contributed by atoms with E-state index in [9.17, 15) is 0 Å². The molecule has 0 aliphatic rings. The molecular weight excluding hydrogens is 128 g/mol. The van der Waals surface area contributed by atoms with Crippen molar-refractivity contribution in [3.63, 3.8) is 0 Å². The van der Waals surface area contributed by atoms with Crippen molar-refractivity contribution in [2.75, 3.05) is 0 Å². The highest BCUT2D eigenvalue weighted by Gasteiger charge is 2.08. The van der Waals surface area contributed by atoms with Crippen LogP contribution >= 0.6 is 0 Å². The molecule has 0 aliphatic carbocycles. The van der Waals surface area contributed by atoms with Gasteiger partial charge in [-0.15, -0.1) is 0 Å². The van der Waals surface area contributed by atoms with E-state index >= 15 is 0 Å². The predicted molar refractivity (Wildman–Crippen MR) is 38.5 cm³/mol. The van der Waals surface area contributed by atoms with Crippen molar-refractivity contribution in [2.24, 2.45) is 5.73 Å². The van der Waals surface area contributed by atoms with Gasteiger partial charge in [0.05, 0.1) is 0 Å². The average Bonchev–Trinajstić information content (AvgIpc) is 2.33. The lowest BCUT2D eigenvalue weighted by atomic mass is 10.1. The SMILES string of the molecule is CCc1conc1C(C)N. The van der Waals surface area contributed by atoms with Gasteiger partial charge in [0.25, 0.3) is 0 Å². The summed E-state index contributed by atoms with van der Waals surface area (Å²) >= 11 is 0. The Morgan fingerprint density at radius 2 is 2.50 bits per heavy atom. The summed E-state index contributed by atoms with van der Waals surface area (Å²) in [5.41, 5.74) is 7.60. The molecule has 0 spiro atoms. The molecular formula is C7H12N2O. The minimum absolute atomic E-state index is 0.0197. The van der Waals surface area contributed by atoms with Crippen molar-refractivity contribution in [3.8, 4) is 0 Å². The lowest BCUT2D eigenvalue weighted by molar-refractivity contribution is 0.407. The maximum Gasteiger partial charge on any atom is 0.127 e. The molecule has 3 heteroatoms. The highest BCUT2D eigenvalue weighted by Crippen LogP contribution is 2.13. The molecule has 2 N–H and O–H groups in total. The number of nitrogens with two attached hydrogens (primary N) is 1. The van der Waals surface area contributed by atoms with E-state index in [1.54, 1.807) is 6.26 Å². The number of hydrogen-bond acceptors (Lipinski definition) is 3. The molecule has 0 saturated heterocycles. The topological polar surface area (TPSA) is 52.0 Å². The maximum absolute atomic E-state index is 5.61. The van der Waals surface area contributed by atoms with Crippen molar-refractivity contribution < 1.29 is 4.52 Å². The van der Waals surface area contributed by atoms with Gasteiger partial charge in [-0.2, -0.15) is 0 Å². The molecule has 1 aromatic rings. The van der Waals surface area contributed by atoms with Crippen molar-refractivity contribution in [2.45, 2.75) is 26.3 Å². The highest BCUT2D eigenvalue weighted by molar-refractivity contribution is 5.16. The maximum atomic E-state index is 5.61. The second kappa shape index (κ2) is 2.84. The number of aryl methyl sites for hydroxylation is 1. The van der Waals surface area contributed by atoms with Crippen LogP contribution in [0, 0.1) is 0 Å². The smallest absolute Gasteiger partial charge is 0.127 e. The van der Waals surface area contributed by atoms with Gasteiger partial charge in [0.1, 0.15) is 12.0 Å². The molecule has 1 aromatic heterocycles. The first-order valence-corrected chi connectivity index (χ1v) is 3.44. The van der Waals surface area contributed by atoms with Crippen LogP contribution in [0.4, 0.5) is 0 Å². The summed E-state index contributed by atoms with van der Waals surface area (Å²) in [5, 5.41) is 3.79. The molecule has 1 rings (SSSR count). The number of nitrogens with zero attached hydrogens (tertiary/aromatic N) is 1. The first-order valence-electron chi connectivity index (χ1n) is 3.44. The van der Waals surface area contributed by atoms with Crippen molar-refractivity contribution >= 4 is 0 Å². The van der Waals surface area contributed by atoms with E-state index < -0.39 is 0 Å². The van der Waals surface area contributed by atoms with Gasteiger partial charge < -0.3 is 10.3 Å². The van der Waals surface area contributed by atoms with Gasteiger partial charge >= 0.3 is 0 Å². The summed E-state index contributed by atoms with van der Waals surface area (Å²) in [4.78, 5) is 0. The molecule has 56 valence electrons. The van der Waals surface area contributed by atoms with Gasteiger partial charge in [0.15, 0.2) is 0 Å². The fourth-order valence-corrected chi connectivity index (χ4v) is 0.906. The Bertz CT molecular complexity index is 205. The summed E-state index contributed by atoms with van der Waals surface area (Å²) in [6.45, 7) is 3.95. The van der Waals surface area contributed by atoms with Gasteiger partial charge in [-0.3, -0.25) is 0 Å². The Balaban J connectivity index is 2.90. The zero-order valence-electron chi connectivity index (χ0n) is 6.29. The monoisotopic (exact) mass is 140 g/mol. The Kier molecular flexibility index (Phi) is 2.06. The van der Waals surface area contributed by atoms with E-state index in [1.807, 2.05) is 6.92 Å². The minimum Gasteiger partial charge on any atom is -0.364 e. The zero-order chi connectivity index (χ0) is 7.56. The summed E-state index contributed by atoms with van der Waals surface area (Å²) in [7, 11) is 0. The molecule has 0 saturated carbocycles. The summed E-state index contributed by atoms with van der Waals surface area (Å²) in [6.07, 6.45) is 2.58. The Morgan fingerprint density at radius 3 is 2.90 bits per heavy atom. The largest absolute Gasteiger partial charge is 0.364 e. The standard InChI is InChI=1S/C7H12N2O/c1-3-6-4-10-9-7(6)5(2)8/h4-5H,3,8H2,1-2H3. The fraction of sp³-hybridized carbons (Fsp3) is 0.571. The van der Waals surface area contributed by atoms with Crippen LogP contribution in [0.15, 0.2) is 10.8 Å². The third-order valence-electron chi connectivity index (χ3n) is 1.49. The molecule has 0 aliphatic heterocycles. The number of aromatic nitrogens is 1. The van der Waals surface area contributed by atoms with Crippen LogP contribution < -0.4 is 5.73 Å². The molecule has 1 heterocycles. The van der Waals surface area contributed by atoms with Crippen molar-refractivity contribution in [1.29, 1.82) is 0 Å². The van der Waals surface area contributed by atoms with Crippen molar-refractivity contribution in [1.82, 2.24) is 5.16 Å². The molecule has 0 radical (unpaired) electrons. The highest BCUT2D eigenvalue weighted by atomic mass is 16.5. The lowest BCUT2D eigenvalue weighted by Crippen LogP contribution is -2.07. The minimum atomic E-state index is -0.0197. The van der Waals surface area contributed by atoms with Crippen molar-refractivity contribution in [3.05, 3.63) is 17.5 Å². The molecule has 1 atom stereocenters. The van der Waals surface area contributed by atoms with E-state index in [4.69, 9.17) is 10.3 Å². The first-order chi connectivity index (χ1) is 4.75. The number of hydrogen-bond donors (Lipinski definition) is 1. The van der Waals surface area contributed by atoms with Crippen LogP contribution in [0.25, 0.3) is 0 Å². The van der Waals surface area contributed by atoms with Gasteiger partial charge in [0.2, 0.25) is 0 Å². The van der Waals surface area contributed by atoms with Crippen LogP contribution in [-0.4, -0.2) is 5.16 Å². The molecule has 1 unspecified atom stereocenters. The predicted octanol–water partition coefficient (Wildman–Crippen LogP) is 1.26. The summed E-state index contributed by atoms with van der Waals surface area (Å²) in [5.74, 6) is 0. The number of rotatable bonds is 2.